The van der Waals surface area contributed by atoms with Gasteiger partial charge in [0.15, 0.2) is 10.6 Å². The first-order valence-electron chi connectivity index (χ1n) is 8.37. The summed E-state index contributed by atoms with van der Waals surface area (Å²) in [6.45, 7) is 2.28. The van der Waals surface area contributed by atoms with Crippen LogP contribution in [0.3, 0.4) is 0 Å². The van der Waals surface area contributed by atoms with Gasteiger partial charge in [0.05, 0.1) is 16.8 Å². The minimum absolute atomic E-state index is 0.0772. The molecule has 0 bridgehead atoms. The topological polar surface area (TPSA) is 81.0 Å². The van der Waals surface area contributed by atoms with Crippen molar-refractivity contribution in [2.45, 2.75) is 26.3 Å². The molecule has 3 rings (SSSR count). The molecule has 27 heavy (non-hydrogen) atoms. The van der Waals surface area contributed by atoms with Crippen molar-refractivity contribution in [3.8, 4) is 0 Å². The molecule has 0 radical (unpaired) electrons. The van der Waals surface area contributed by atoms with Crippen molar-refractivity contribution < 1.29 is 27.9 Å². The summed E-state index contributed by atoms with van der Waals surface area (Å²) in [5, 5.41) is 0. The fraction of sp³-hybridized carbons (Fsp3) is 0.412. The van der Waals surface area contributed by atoms with E-state index in [1.807, 2.05) is 6.92 Å². The molecule has 0 aliphatic carbocycles. The Morgan fingerprint density at radius 3 is 2.63 bits per heavy atom. The third-order valence-corrected chi connectivity index (χ3v) is 5.05. The van der Waals surface area contributed by atoms with Crippen LogP contribution >= 0.6 is 11.3 Å². The number of rotatable bonds is 6. The summed E-state index contributed by atoms with van der Waals surface area (Å²) >= 11 is 0.950. The zero-order chi connectivity index (χ0) is 19.6. The first-order chi connectivity index (χ1) is 12.9. The Kier molecular flexibility index (Phi) is 5.76. The van der Waals surface area contributed by atoms with E-state index in [1.165, 1.54) is 4.57 Å². The molecule has 2 aromatic rings. The molecule has 2 heterocycles. The number of halogens is 2. The average Bonchev–Trinajstić information content (AvgIpc) is 3.09. The van der Waals surface area contributed by atoms with Crippen LogP contribution in [0.15, 0.2) is 17.1 Å². The molecule has 0 spiro atoms. The summed E-state index contributed by atoms with van der Waals surface area (Å²) < 4.78 is 34.8. The van der Waals surface area contributed by atoms with Crippen LogP contribution in [0.1, 0.15) is 19.8 Å². The number of hydrogen-bond acceptors (Lipinski definition) is 5. The summed E-state index contributed by atoms with van der Waals surface area (Å²) in [7, 11) is 0. The highest BCUT2D eigenvalue weighted by Crippen LogP contribution is 2.22. The Hall–Kier alpha value is -2.46. The lowest BCUT2D eigenvalue weighted by Crippen LogP contribution is -2.34. The number of hydrogen-bond donors (Lipinski definition) is 0. The van der Waals surface area contributed by atoms with Gasteiger partial charge >= 0.3 is 0 Å². The predicted octanol–water partition coefficient (Wildman–Crippen LogP) is 1.59. The third-order valence-electron chi connectivity index (χ3n) is 4.03. The molecule has 0 atom stereocenters. The van der Waals surface area contributed by atoms with Crippen LogP contribution in [0.4, 0.5) is 8.78 Å². The Morgan fingerprint density at radius 1 is 1.26 bits per heavy atom. The number of carbonyl (C=O) groups is 3. The minimum atomic E-state index is -0.767. The number of nitrogens with zero attached hydrogens (tertiary/aromatic N) is 3. The smallest absolute Gasteiger partial charge is 0.268 e. The van der Waals surface area contributed by atoms with Crippen molar-refractivity contribution in [2.75, 3.05) is 19.8 Å². The third kappa shape index (κ3) is 4.11. The monoisotopic (exact) mass is 397 g/mol. The minimum Gasteiger partial charge on any atom is -0.380 e. The maximum absolute atomic E-state index is 14.3. The molecular weight excluding hydrogens is 380 g/mol. The number of benzene rings is 1. The Labute approximate surface area is 156 Å². The van der Waals surface area contributed by atoms with Gasteiger partial charge in [-0.3, -0.25) is 19.3 Å². The number of ether oxygens (including phenoxy) is 1. The van der Waals surface area contributed by atoms with E-state index in [0.717, 1.165) is 28.4 Å². The van der Waals surface area contributed by atoms with Crippen molar-refractivity contribution in [3.63, 3.8) is 0 Å². The standard InChI is InChI=1S/C17H17F2N3O4S/c1-2-26-6-5-21-16-11(19)7-10(18)8-12(16)27-17(21)20-13(23)9-22-14(24)3-4-15(22)25/h7-8H,2-6,9H2,1H3. The summed E-state index contributed by atoms with van der Waals surface area (Å²) in [5.41, 5.74) is 0.126. The molecule has 1 aliphatic heterocycles. The highest BCUT2D eigenvalue weighted by Gasteiger charge is 2.30. The Morgan fingerprint density at radius 2 is 1.96 bits per heavy atom. The van der Waals surface area contributed by atoms with Gasteiger partial charge in [-0.15, -0.1) is 0 Å². The predicted molar refractivity (Wildman–Crippen MR) is 92.7 cm³/mol. The number of aromatic nitrogens is 1. The second kappa shape index (κ2) is 8.05. The Bertz CT molecular complexity index is 966. The number of carbonyl (C=O) groups excluding carboxylic acids is 3. The molecular formula is C17H17F2N3O4S. The molecule has 1 aliphatic rings. The van der Waals surface area contributed by atoms with Crippen LogP contribution in [-0.4, -0.2) is 46.9 Å². The van der Waals surface area contributed by atoms with Gasteiger partial charge in [0, 0.05) is 32.1 Å². The SMILES string of the molecule is CCOCCn1c(=NC(=O)CN2C(=O)CCC2=O)sc2cc(F)cc(F)c21. The molecule has 1 aromatic carbocycles. The van der Waals surface area contributed by atoms with E-state index < -0.39 is 35.9 Å². The fourth-order valence-corrected chi connectivity index (χ4v) is 3.91. The van der Waals surface area contributed by atoms with Gasteiger partial charge in [-0.05, 0) is 13.0 Å². The van der Waals surface area contributed by atoms with Gasteiger partial charge < -0.3 is 9.30 Å². The normalized spacial score (nSPS) is 15.4. The molecule has 10 heteroatoms. The van der Waals surface area contributed by atoms with E-state index in [4.69, 9.17) is 4.74 Å². The van der Waals surface area contributed by atoms with Crippen LogP contribution in [0.25, 0.3) is 10.2 Å². The number of imide groups is 1. The first kappa shape index (κ1) is 19.3. The number of thiazole rings is 1. The summed E-state index contributed by atoms with van der Waals surface area (Å²) in [6.07, 6.45) is 0.154. The molecule has 1 aromatic heterocycles. The highest BCUT2D eigenvalue weighted by atomic mass is 32.1. The van der Waals surface area contributed by atoms with Crippen molar-refractivity contribution >= 4 is 39.3 Å². The quantitative estimate of drug-likeness (QED) is 0.548. The van der Waals surface area contributed by atoms with E-state index >= 15 is 0 Å². The molecule has 0 N–H and O–H groups in total. The van der Waals surface area contributed by atoms with Crippen molar-refractivity contribution in [1.29, 1.82) is 0 Å². The van der Waals surface area contributed by atoms with Crippen molar-refractivity contribution in [3.05, 3.63) is 28.6 Å². The van der Waals surface area contributed by atoms with Gasteiger partial charge in [0.25, 0.3) is 5.91 Å². The summed E-state index contributed by atoms with van der Waals surface area (Å²) in [4.78, 5) is 40.5. The van der Waals surface area contributed by atoms with E-state index in [0.29, 0.717) is 11.3 Å². The number of amides is 3. The van der Waals surface area contributed by atoms with E-state index in [1.54, 1.807) is 0 Å². The van der Waals surface area contributed by atoms with Gasteiger partial charge in [-0.1, -0.05) is 11.3 Å². The lowest BCUT2D eigenvalue weighted by molar-refractivity contribution is -0.141. The second-order valence-corrected chi connectivity index (χ2v) is 6.86. The lowest BCUT2D eigenvalue weighted by atomic mass is 10.3. The number of likely N-dealkylation sites (tertiary alicyclic amines) is 1. The first-order valence-corrected chi connectivity index (χ1v) is 9.19. The molecule has 7 nitrogen and oxygen atoms in total. The maximum atomic E-state index is 14.3. The van der Waals surface area contributed by atoms with Gasteiger partial charge in [0.2, 0.25) is 11.8 Å². The fourth-order valence-electron chi connectivity index (χ4n) is 2.80. The summed E-state index contributed by atoms with van der Waals surface area (Å²) in [5.74, 6) is -3.05. The van der Waals surface area contributed by atoms with Crippen LogP contribution in [-0.2, 0) is 25.7 Å². The van der Waals surface area contributed by atoms with Crippen LogP contribution < -0.4 is 4.80 Å². The lowest BCUT2D eigenvalue weighted by Gasteiger charge is -2.10. The van der Waals surface area contributed by atoms with Crippen LogP contribution in [0.5, 0.6) is 0 Å². The van der Waals surface area contributed by atoms with E-state index in [2.05, 4.69) is 4.99 Å². The van der Waals surface area contributed by atoms with Crippen LogP contribution in [0, 0.1) is 11.6 Å². The Balaban J connectivity index is 1.98. The van der Waals surface area contributed by atoms with Gasteiger partial charge in [0.1, 0.15) is 12.4 Å². The highest BCUT2D eigenvalue weighted by molar-refractivity contribution is 7.16. The summed E-state index contributed by atoms with van der Waals surface area (Å²) in [6, 6.07) is 1.93. The number of fused-ring (bicyclic) bond motifs is 1. The second-order valence-electron chi connectivity index (χ2n) is 5.85. The zero-order valence-electron chi connectivity index (χ0n) is 14.5. The molecule has 3 amide bonds. The maximum Gasteiger partial charge on any atom is 0.268 e. The molecule has 1 fully saturated rings. The van der Waals surface area contributed by atoms with E-state index in [-0.39, 0.29) is 36.3 Å². The van der Waals surface area contributed by atoms with Crippen molar-refractivity contribution in [2.24, 2.45) is 4.99 Å². The largest absolute Gasteiger partial charge is 0.380 e. The zero-order valence-corrected chi connectivity index (χ0v) is 15.4. The van der Waals surface area contributed by atoms with Gasteiger partial charge in [-0.25, -0.2) is 8.78 Å². The molecule has 1 saturated heterocycles. The molecule has 0 saturated carbocycles. The van der Waals surface area contributed by atoms with Crippen LogP contribution in [0.2, 0.25) is 0 Å². The molecule has 144 valence electrons. The van der Waals surface area contributed by atoms with Gasteiger partial charge in [-0.2, -0.15) is 4.99 Å². The average molecular weight is 397 g/mol. The van der Waals surface area contributed by atoms with E-state index in [9.17, 15) is 23.2 Å². The molecule has 0 unspecified atom stereocenters. The van der Waals surface area contributed by atoms with Crippen molar-refractivity contribution in [1.82, 2.24) is 9.47 Å².